The van der Waals surface area contributed by atoms with E-state index in [9.17, 15) is 14.7 Å². The van der Waals surface area contributed by atoms with E-state index in [-0.39, 0.29) is 5.91 Å². The van der Waals surface area contributed by atoms with Gasteiger partial charge in [-0.1, -0.05) is 29.3 Å². The van der Waals surface area contributed by atoms with Crippen molar-refractivity contribution in [2.24, 2.45) is 11.8 Å². The van der Waals surface area contributed by atoms with E-state index < -0.39 is 17.8 Å². The van der Waals surface area contributed by atoms with Crippen LogP contribution in [0.25, 0.3) is 0 Å². The van der Waals surface area contributed by atoms with E-state index in [2.05, 4.69) is 5.32 Å². The lowest BCUT2D eigenvalue weighted by molar-refractivity contribution is -0.313. The molecule has 0 aliphatic heterocycles. The minimum atomic E-state index is -1.14. The third-order valence-corrected chi connectivity index (χ3v) is 4.64. The van der Waals surface area contributed by atoms with Crippen molar-refractivity contribution in [1.29, 1.82) is 0 Å². The highest BCUT2D eigenvalue weighted by molar-refractivity contribution is 5.96. The molecule has 0 radical (unpaired) electrons. The highest BCUT2D eigenvalue weighted by Crippen LogP contribution is 2.35. The second-order valence-electron chi connectivity index (χ2n) is 6.26. The van der Waals surface area contributed by atoms with Crippen molar-refractivity contribution >= 4 is 17.6 Å². The standard InChI is InChI=1S/C18H23NO3/c1-10-6-5-7-11(2)16(10)19-17(20)14-8-12(3)13(4)9-15(14)18(21)22/h5-7,14-15H,8-9H2,1-4H3,(H,19,20)(H,21,22)/p-1/t14-,15+/m1/s1. The van der Waals surface area contributed by atoms with Crippen LogP contribution in [0.3, 0.4) is 0 Å². The van der Waals surface area contributed by atoms with Gasteiger partial charge in [0.15, 0.2) is 0 Å². The van der Waals surface area contributed by atoms with E-state index in [1.165, 1.54) is 0 Å². The van der Waals surface area contributed by atoms with Crippen LogP contribution in [-0.2, 0) is 9.59 Å². The van der Waals surface area contributed by atoms with Gasteiger partial charge in [-0.05, 0) is 51.7 Å². The second kappa shape index (κ2) is 6.34. The van der Waals surface area contributed by atoms with Crippen LogP contribution in [0.4, 0.5) is 5.69 Å². The van der Waals surface area contributed by atoms with E-state index >= 15 is 0 Å². The molecule has 4 heteroatoms. The molecule has 1 amide bonds. The van der Waals surface area contributed by atoms with Gasteiger partial charge in [-0.25, -0.2) is 0 Å². The number of amides is 1. The zero-order valence-corrected chi connectivity index (χ0v) is 13.5. The van der Waals surface area contributed by atoms with Crippen LogP contribution < -0.4 is 10.4 Å². The van der Waals surface area contributed by atoms with Gasteiger partial charge < -0.3 is 15.2 Å². The first kappa shape index (κ1) is 16.3. The van der Waals surface area contributed by atoms with Gasteiger partial charge >= 0.3 is 0 Å². The zero-order valence-electron chi connectivity index (χ0n) is 13.5. The molecule has 2 rings (SSSR count). The fraction of sp³-hybridized carbons (Fsp3) is 0.444. The van der Waals surface area contributed by atoms with Crippen molar-refractivity contribution in [2.75, 3.05) is 5.32 Å². The smallest absolute Gasteiger partial charge is 0.228 e. The Morgan fingerprint density at radius 3 is 2.00 bits per heavy atom. The zero-order chi connectivity index (χ0) is 16.4. The number of hydrogen-bond acceptors (Lipinski definition) is 3. The predicted octanol–water partition coefficient (Wildman–Crippen LogP) is 2.35. The molecule has 118 valence electrons. The SMILES string of the molecule is CC1=C(C)C[C@@H](C(=O)Nc2c(C)cccc2C)[C@@H](C(=O)[O-])C1. The maximum atomic E-state index is 12.6. The molecule has 1 aliphatic carbocycles. The van der Waals surface area contributed by atoms with E-state index in [4.69, 9.17) is 0 Å². The Kier molecular flexibility index (Phi) is 4.69. The summed E-state index contributed by atoms with van der Waals surface area (Å²) in [7, 11) is 0. The molecule has 0 fully saturated rings. The Morgan fingerprint density at radius 2 is 1.50 bits per heavy atom. The van der Waals surface area contributed by atoms with Crippen molar-refractivity contribution in [3.63, 3.8) is 0 Å². The average Bonchev–Trinajstić information content (AvgIpc) is 2.45. The fourth-order valence-corrected chi connectivity index (χ4v) is 3.04. The Balaban J connectivity index is 2.26. The quantitative estimate of drug-likeness (QED) is 0.871. The highest BCUT2D eigenvalue weighted by Gasteiger charge is 2.33. The molecule has 0 bridgehead atoms. The van der Waals surface area contributed by atoms with Gasteiger partial charge in [-0.2, -0.15) is 0 Å². The summed E-state index contributed by atoms with van der Waals surface area (Å²) < 4.78 is 0. The molecule has 0 saturated heterocycles. The first-order valence-electron chi connectivity index (χ1n) is 7.54. The van der Waals surface area contributed by atoms with Gasteiger partial charge in [0.05, 0.1) is 5.92 Å². The molecule has 0 spiro atoms. The van der Waals surface area contributed by atoms with Crippen molar-refractivity contribution in [3.8, 4) is 0 Å². The predicted molar refractivity (Wildman–Crippen MR) is 84.1 cm³/mol. The number of rotatable bonds is 3. The third kappa shape index (κ3) is 3.21. The number of aliphatic carboxylic acids is 1. The number of carbonyl (C=O) groups is 2. The summed E-state index contributed by atoms with van der Waals surface area (Å²) in [6, 6.07) is 5.78. The number of para-hydroxylation sites is 1. The molecule has 0 heterocycles. The number of hydrogen-bond donors (Lipinski definition) is 1. The van der Waals surface area contributed by atoms with Crippen LogP contribution >= 0.6 is 0 Å². The topological polar surface area (TPSA) is 69.2 Å². The summed E-state index contributed by atoms with van der Waals surface area (Å²) >= 11 is 0. The summed E-state index contributed by atoms with van der Waals surface area (Å²) in [5.41, 5.74) is 4.85. The molecule has 2 atom stereocenters. The summed E-state index contributed by atoms with van der Waals surface area (Å²) in [5.74, 6) is -2.72. The fourth-order valence-electron chi connectivity index (χ4n) is 3.04. The number of aryl methyl sites for hydroxylation is 2. The number of carboxylic acids is 1. The first-order chi connectivity index (χ1) is 10.3. The van der Waals surface area contributed by atoms with Crippen molar-refractivity contribution < 1.29 is 14.7 Å². The van der Waals surface area contributed by atoms with Crippen molar-refractivity contribution in [2.45, 2.75) is 40.5 Å². The van der Waals surface area contributed by atoms with E-state index in [1.54, 1.807) is 0 Å². The van der Waals surface area contributed by atoms with E-state index in [1.807, 2.05) is 45.9 Å². The number of anilines is 1. The van der Waals surface area contributed by atoms with Crippen LogP contribution in [0.1, 0.15) is 37.8 Å². The van der Waals surface area contributed by atoms with Crippen LogP contribution in [0.2, 0.25) is 0 Å². The molecule has 22 heavy (non-hydrogen) atoms. The van der Waals surface area contributed by atoms with Gasteiger partial charge in [0.1, 0.15) is 0 Å². The molecule has 0 aromatic heterocycles. The van der Waals surface area contributed by atoms with Crippen LogP contribution in [-0.4, -0.2) is 11.9 Å². The number of benzene rings is 1. The Bertz CT molecular complexity index is 625. The first-order valence-corrected chi connectivity index (χ1v) is 7.54. The van der Waals surface area contributed by atoms with Crippen LogP contribution in [0, 0.1) is 25.7 Å². The molecule has 1 aliphatic rings. The summed E-state index contributed by atoms with van der Waals surface area (Å²) in [5, 5.41) is 14.3. The van der Waals surface area contributed by atoms with Crippen molar-refractivity contribution in [1.82, 2.24) is 0 Å². The molecule has 1 aromatic carbocycles. The highest BCUT2D eigenvalue weighted by atomic mass is 16.4. The van der Waals surface area contributed by atoms with Gasteiger partial charge in [-0.3, -0.25) is 4.79 Å². The number of carboxylic acid groups (broad SMARTS) is 1. The summed E-state index contributed by atoms with van der Waals surface area (Å²) in [6.45, 7) is 7.73. The van der Waals surface area contributed by atoms with Crippen molar-refractivity contribution in [3.05, 3.63) is 40.5 Å². The minimum absolute atomic E-state index is 0.238. The Morgan fingerprint density at radius 1 is 1.00 bits per heavy atom. The summed E-state index contributed by atoms with van der Waals surface area (Å²) in [6.07, 6.45) is 0.861. The second-order valence-corrected chi connectivity index (χ2v) is 6.26. The maximum Gasteiger partial charge on any atom is 0.228 e. The number of carbonyl (C=O) groups excluding carboxylic acids is 2. The number of nitrogens with one attached hydrogen (secondary N) is 1. The van der Waals surface area contributed by atoms with Gasteiger partial charge in [-0.15, -0.1) is 0 Å². The van der Waals surface area contributed by atoms with E-state index in [0.29, 0.717) is 12.8 Å². The molecule has 0 saturated carbocycles. The third-order valence-electron chi connectivity index (χ3n) is 4.64. The largest absolute Gasteiger partial charge is 0.550 e. The lowest BCUT2D eigenvalue weighted by Crippen LogP contribution is -2.42. The van der Waals surface area contributed by atoms with E-state index in [0.717, 1.165) is 28.0 Å². The normalized spacial score (nSPS) is 21.6. The number of allylic oxidation sites excluding steroid dienone is 2. The summed E-state index contributed by atoms with van der Waals surface area (Å²) in [4.78, 5) is 24.0. The maximum absolute atomic E-state index is 12.6. The van der Waals surface area contributed by atoms with Crippen LogP contribution in [0.15, 0.2) is 29.3 Å². The van der Waals surface area contributed by atoms with Crippen LogP contribution in [0.5, 0.6) is 0 Å². The molecular formula is C18H22NO3-. The van der Waals surface area contributed by atoms with Gasteiger partial charge in [0.25, 0.3) is 0 Å². The average molecular weight is 300 g/mol. The van der Waals surface area contributed by atoms with Gasteiger partial charge in [0.2, 0.25) is 5.91 Å². The molecular weight excluding hydrogens is 278 g/mol. The lowest BCUT2D eigenvalue weighted by atomic mass is 9.76. The molecule has 0 unspecified atom stereocenters. The minimum Gasteiger partial charge on any atom is -0.550 e. The molecule has 1 N–H and O–H groups in total. The monoisotopic (exact) mass is 300 g/mol. The Labute approximate surface area is 131 Å². The lowest BCUT2D eigenvalue weighted by Gasteiger charge is -2.33. The molecule has 4 nitrogen and oxygen atoms in total. The van der Waals surface area contributed by atoms with Gasteiger partial charge in [0, 0.05) is 17.6 Å². The molecule has 1 aromatic rings. The Hall–Kier alpha value is -2.10.